The summed E-state index contributed by atoms with van der Waals surface area (Å²) in [7, 11) is 0. The summed E-state index contributed by atoms with van der Waals surface area (Å²) in [6.07, 6.45) is 3.43. The maximum atomic E-state index is 5.90. The smallest absolute Gasteiger partial charge is 0.202 e. The fourth-order valence-corrected chi connectivity index (χ4v) is 1.79. The molecule has 2 aromatic heterocycles. The number of nitrogens with one attached hydrogen (secondary N) is 1. The molecular weight excluding hydrogens is 214 g/mol. The van der Waals surface area contributed by atoms with Crippen molar-refractivity contribution in [3.63, 3.8) is 0 Å². The van der Waals surface area contributed by atoms with Crippen LogP contribution in [-0.4, -0.2) is 10.2 Å². The van der Waals surface area contributed by atoms with Crippen LogP contribution in [0.4, 0.5) is 5.82 Å². The first-order valence-corrected chi connectivity index (χ1v) is 5.18. The lowest BCUT2D eigenvalue weighted by Crippen LogP contribution is -1.92. The molecule has 0 spiro atoms. The topological polar surface area (TPSA) is 67.8 Å². The molecule has 0 atom stereocenters. The van der Waals surface area contributed by atoms with E-state index in [1.165, 1.54) is 0 Å². The van der Waals surface area contributed by atoms with Gasteiger partial charge in [-0.2, -0.15) is 5.10 Å². The normalized spacial score (nSPS) is 10.8. The van der Waals surface area contributed by atoms with E-state index in [0.29, 0.717) is 11.0 Å². The summed E-state index contributed by atoms with van der Waals surface area (Å²) < 4.78 is 5.04. The van der Waals surface area contributed by atoms with Gasteiger partial charge in [-0.05, 0) is 24.1 Å². The molecule has 5 heteroatoms. The molecule has 0 aliphatic carbocycles. The molecule has 0 unspecified atom stereocenters. The second kappa shape index (κ2) is 3.98. The van der Waals surface area contributed by atoms with Crippen molar-refractivity contribution in [2.24, 2.45) is 0 Å². The maximum absolute atomic E-state index is 5.90. The number of hydrogen-bond acceptors (Lipinski definition) is 3. The van der Waals surface area contributed by atoms with E-state index >= 15 is 0 Å². The van der Waals surface area contributed by atoms with Crippen LogP contribution in [0.2, 0.25) is 5.22 Å². The number of nitrogen functional groups attached to an aromatic ring is 1. The molecule has 0 amide bonds. The Bertz CT molecular complexity index is 461. The van der Waals surface area contributed by atoms with Gasteiger partial charge in [-0.3, -0.25) is 5.10 Å². The lowest BCUT2D eigenvalue weighted by Gasteiger charge is -2.00. The molecule has 4 nitrogen and oxygen atoms in total. The van der Waals surface area contributed by atoms with Crippen LogP contribution < -0.4 is 5.73 Å². The molecule has 80 valence electrons. The summed E-state index contributed by atoms with van der Waals surface area (Å²) in [5.74, 6) is 0.532. The van der Waals surface area contributed by atoms with E-state index in [-0.39, 0.29) is 0 Å². The number of rotatable bonds is 3. The van der Waals surface area contributed by atoms with Gasteiger partial charge in [0.2, 0.25) is 5.22 Å². The second-order valence-corrected chi connectivity index (χ2v) is 3.66. The standard InChI is InChI=1S/C10H12ClN3O/c1-2-3-7-8(13-14-10(7)12)6-4-5-15-9(6)11/h4-5H,2-3H2,1H3,(H3,12,13,14). The Morgan fingerprint density at radius 3 is 3.00 bits per heavy atom. The molecule has 0 radical (unpaired) electrons. The Hall–Kier alpha value is -1.42. The van der Waals surface area contributed by atoms with Crippen LogP contribution >= 0.6 is 11.6 Å². The number of aromatic nitrogens is 2. The zero-order valence-corrected chi connectivity index (χ0v) is 9.14. The molecule has 0 aromatic carbocycles. The lowest BCUT2D eigenvalue weighted by molar-refractivity contribution is 0.570. The number of aromatic amines is 1. The number of hydrogen-bond donors (Lipinski definition) is 2. The van der Waals surface area contributed by atoms with Crippen molar-refractivity contribution in [2.75, 3.05) is 5.73 Å². The first-order chi connectivity index (χ1) is 7.24. The number of halogens is 1. The first-order valence-electron chi connectivity index (χ1n) is 4.80. The molecule has 2 aromatic rings. The summed E-state index contributed by atoms with van der Waals surface area (Å²) in [5, 5.41) is 7.22. The molecule has 0 fully saturated rings. The van der Waals surface area contributed by atoms with Gasteiger partial charge in [0.1, 0.15) is 5.82 Å². The van der Waals surface area contributed by atoms with E-state index in [9.17, 15) is 0 Å². The van der Waals surface area contributed by atoms with Crippen LogP contribution in [0.3, 0.4) is 0 Å². The van der Waals surface area contributed by atoms with Crippen molar-refractivity contribution >= 4 is 17.4 Å². The molecule has 15 heavy (non-hydrogen) atoms. The Labute approximate surface area is 92.4 Å². The van der Waals surface area contributed by atoms with Gasteiger partial charge in [-0.25, -0.2) is 0 Å². The fraction of sp³-hybridized carbons (Fsp3) is 0.300. The Morgan fingerprint density at radius 1 is 1.60 bits per heavy atom. The highest BCUT2D eigenvalue weighted by atomic mass is 35.5. The van der Waals surface area contributed by atoms with Gasteiger partial charge in [-0.15, -0.1) is 0 Å². The van der Waals surface area contributed by atoms with Gasteiger partial charge in [-0.1, -0.05) is 13.3 Å². The van der Waals surface area contributed by atoms with Crippen molar-refractivity contribution in [1.82, 2.24) is 10.2 Å². The third kappa shape index (κ3) is 1.72. The third-order valence-electron chi connectivity index (χ3n) is 2.29. The maximum Gasteiger partial charge on any atom is 0.202 e. The summed E-state index contributed by atoms with van der Waals surface area (Å²) >= 11 is 5.90. The highest BCUT2D eigenvalue weighted by molar-refractivity contribution is 6.31. The number of nitrogens with two attached hydrogens (primary N) is 1. The average Bonchev–Trinajstić information content (AvgIpc) is 2.76. The van der Waals surface area contributed by atoms with Crippen molar-refractivity contribution in [1.29, 1.82) is 0 Å². The van der Waals surface area contributed by atoms with Gasteiger partial charge in [0.05, 0.1) is 17.5 Å². The van der Waals surface area contributed by atoms with Crippen LogP contribution in [0.15, 0.2) is 16.7 Å². The van der Waals surface area contributed by atoms with Gasteiger partial charge in [0.25, 0.3) is 0 Å². The molecule has 0 aliphatic heterocycles. The van der Waals surface area contributed by atoms with Crippen LogP contribution in [0.1, 0.15) is 18.9 Å². The van der Waals surface area contributed by atoms with E-state index in [0.717, 1.165) is 29.7 Å². The van der Waals surface area contributed by atoms with Crippen molar-refractivity contribution in [3.05, 3.63) is 23.1 Å². The molecule has 3 N–H and O–H groups in total. The monoisotopic (exact) mass is 225 g/mol. The average molecular weight is 226 g/mol. The number of furan rings is 1. The predicted octanol–water partition coefficient (Wildman–Crippen LogP) is 2.86. The van der Waals surface area contributed by atoms with Gasteiger partial charge in [0.15, 0.2) is 0 Å². The number of nitrogens with zero attached hydrogens (tertiary/aromatic N) is 1. The molecule has 0 saturated carbocycles. The summed E-state index contributed by atoms with van der Waals surface area (Å²) in [6.45, 7) is 2.09. The van der Waals surface area contributed by atoms with Gasteiger partial charge < -0.3 is 10.2 Å². The van der Waals surface area contributed by atoms with E-state index in [1.54, 1.807) is 12.3 Å². The van der Waals surface area contributed by atoms with Crippen LogP contribution in [0.5, 0.6) is 0 Å². The zero-order chi connectivity index (χ0) is 10.8. The molecule has 2 heterocycles. The Balaban J connectivity index is 2.49. The second-order valence-electron chi connectivity index (χ2n) is 3.32. The largest absolute Gasteiger partial charge is 0.452 e. The van der Waals surface area contributed by atoms with Crippen LogP contribution in [0, 0.1) is 0 Å². The Morgan fingerprint density at radius 2 is 2.40 bits per heavy atom. The third-order valence-corrected chi connectivity index (χ3v) is 2.58. The summed E-state index contributed by atoms with van der Waals surface area (Å²) in [6, 6.07) is 1.80. The highest BCUT2D eigenvalue weighted by Gasteiger charge is 2.15. The number of anilines is 1. The van der Waals surface area contributed by atoms with E-state index in [4.69, 9.17) is 21.8 Å². The van der Waals surface area contributed by atoms with E-state index in [1.807, 2.05) is 0 Å². The summed E-state index contributed by atoms with van der Waals surface area (Å²) in [4.78, 5) is 0. The van der Waals surface area contributed by atoms with Gasteiger partial charge >= 0.3 is 0 Å². The molecular formula is C10H12ClN3O. The minimum Gasteiger partial charge on any atom is -0.452 e. The fourth-order valence-electron chi connectivity index (χ4n) is 1.58. The van der Waals surface area contributed by atoms with Crippen molar-refractivity contribution in [3.8, 4) is 11.3 Å². The summed E-state index contributed by atoms with van der Waals surface area (Å²) in [5.41, 5.74) is 8.43. The molecule has 0 aliphatic rings. The highest BCUT2D eigenvalue weighted by Crippen LogP contribution is 2.32. The minimum atomic E-state index is 0.357. The minimum absolute atomic E-state index is 0.357. The lowest BCUT2D eigenvalue weighted by atomic mass is 10.1. The Kier molecular flexibility index (Phi) is 2.68. The van der Waals surface area contributed by atoms with E-state index < -0.39 is 0 Å². The number of H-pyrrole nitrogens is 1. The molecule has 0 bridgehead atoms. The van der Waals surface area contributed by atoms with Crippen molar-refractivity contribution < 1.29 is 4.42 Å². The van der Waals surface area contributed by atoms with Crippen molar-refractivity contribution in [2.45, 2.75) is 19.8 Å². The quantitative estimate of drug-likeness (QED) is 0.844. The SMILES string of the molecule is CCCc1c(N)n[nH]c1-c1ccoc1Cl. The predicted molar refractivity (Wildman–Crippen MR) is 59.7 cm³/mol. The first kappa shape index (κ1) is 10.1. The zero-order valence-electron chi connectivity index (χ0n) is 8.38. The van der Waals surface area contributed by atoms with Crippen LogP contribution in [0.25, 0.3) is 11.3 Å². The van der Waals surface area contributed by atoms with E-state index in [2.05, 4.69) is 17.1 Å². The molecule has 2 rings (SSSR count). The van der Waals surface area contributed by atoms with Gasteiger partial charge in [0, 0.05) is 5.56 Å². The van der Waals surface area contributed by atoms with Crippen LogP contribution in [-0.2, 0) is 6.42 Å². The molecule has 0 saturated heterocycles.